The molecule has 0 aliphatic carbocycles. The summed E-state index contributed by atoms with van der Waals surface area (Å²) in [6.07, 6.45) is 2.57. The monoisotopic (exact) mass is 216 g/mol. The van der Waals surface area contributed by atoms with Gasteiger partial charge in [-0.15, -0.1) is 0 Å². The number of benzene rings is 1. The Morgan fingerprint density at radius 3 is 2.43 bits per heavy atom. The molecule has 2 rings (SSSR count). The third-order valence-electron chi connectivity index (χ3n) is 2.47. The summed E-state index contributed by atoms with van der Waals surface area (Å²) in [5.74, 6) is 2.66. The van der Waals surface area contributed by atoms with E-state index in [-0.39, 0.29) is 0 Å². The molecule has 14 heavy (non-hydrogen) atoms. The van der Waals surface area contributed by atoms with Crippen LogP contribution in [-0.4, -0.2) is 32.0 Å². The quantitative estimate of drug-likeness (QED) is 0.697. The molecule has 0 radical (unpaired) electrons. The molecule has 0 aromatic heterocycles. The van der Waals surface area contributed by atoms with Crippen LogP contribution in [0.5, 0.6) is 0 Å². The Balaban J connectivity index is 2.02. The Hall–Kier alpha value is 0.517. The molecule has 0 unspecified atom stereocenters. The van der Waals surface area contributed by atoms with Crippen molar-refractivity contribution >= 4 is 41.2 Å². The number of hydrogen-bond donors (Lipinski definition) is 0. The minimum absolute atomic E-state index is 0.416. The molecule has 1 aliphatic rings. The van der Waals surface area contributed by atoms with Crippen molar-refractivity contribution in [1.82, 2.24) is 0 Å². The Kier molecular flexibility index (Phi) is 3.96. The zero-order chi connectivity index (χ0) is 9.86. The number of thioether (sulfide) groups is 2. The molecule has 1 heterocycles. The number of hydrogen-bond acceptors (Lipinski definition) is 2. The van der Waals surface area contributed by atoms with Crippen LogP contribution in [-0.2, 0) is 6.42 Å². The summed E-state index contributed by atoms with van der Waals surface area (Å²) in [7, 11) is 0. The van der Waals surface area contributed by atoms with Gasteiger partial charge in [0.2, 0.25) is 0 Å². The third kappa shape index (κ3) is 3.00. The first-order chi connectivity index (χ1) is 6.79. The first-order valence-electron chi connectivity index (χ1n) is 5.10. The molecule has 1 aromatic carbocycles. The van der Waals surface area contributed by atoms with E-state index in [0.29, 0.717) is 2.75 Å². The molecule has 0 nitrogen and oxygen atoms in total. The van der Waals surface area contributed by atoms with Crippen molar-refractivity contribution < 1.29 is 0 Å². The average molecular weight is 216 g/mol. The van der Waals surface area contributed by atoms with Crippen molar-refractivity contribution in [1.29, 1.82) is 0 Å². The molecule has 0 N–H and O–H groups in total. The zero-order valence-electron chi connectivity index (χ0n) is 8.53. The number of rotatable bonds is 2. The zero-order valence-corrected chi connectivity index (χ0v) is 10.2. The molecular formula is C11H13LiS2. The van der Waals surface area contributed by atoms with Crippen LogP contribution in [0.4, 0.5) is 0 Å². The molecule has 1 fully saturated rings. The van der Waals surface area contributed by atoms with Gasteiger partial charge in [-0.2, -0.15) is 0 Å². The first-order valence-corrected chi connectivity index (χ1v) is 7.07. The molecule has 0 bridgehead atoms. The van der Waals surface area contributed by atoms with Crippen LogP contribution in [0.25, 0.3) is 0 Å². The molecule has 1 aliphatic heterocycles. The molecule has 0 spiro atoms. The van der Waals surface area contributed by atoms with Gasteiger partial charge in [-0.25, -0.2) is 0 Å². The maximum absolute atomic E-state index is 2.38. The normalized spacial score (nSPS) is 20.7. The molecule has 1 aromatic rings. The summed E-state index contributed by atoms with van der Waals surface area (Å²) >= 11 is 6.63. The molecule has 70 valence electrons. The fraction of sp³-hybridized carbons (Fsp3) is 0.455. The van der Waals surface area contributed by atoms with E-state index in [4.69, 9.17) is 0 Å². The topological polar surface area (TPSA) is 0 Å². The molecule has 1 saturated heterocycles. The predicted octanol–water partition coefficient (Wildman–Crippen LogP) is 2.92. The van der Waals surface area contributed by atoms with E-state index in [9.17, 15) is 0 Å². The average Bonchev–Trinajstić information content (AvgIpc) is 2.19. The molecular weight excluding hydrogens is 203 g/mol. The van der Waals surface area contributed by atoms with E-state index in [0.717, 1.165) is 0 Å². The van der Waals surface area contributed by atoms with E-state index < -0.39 is 0 Å². The molecule has 0 amide bonds. The first kappa shape index (κ1) is 11.0. The van der Waals surface area contributed by atoms with Crippen LogP contribution in [0.15, 0.2) is 30.3 Å². The van der Waals surface area contributed by atoms with Gasteiger partial charge in [0.05, 0.1) is 0 Å². The Bertz CT molecular complexity index is 281. The second-order valence-electron chi connectivity index (χ2n) is 3.85. The van der Waals surface area contributed by atoms with Crippen molar-refractivity contribution in [2.75, 3.05) is 11.5 Å². The van der Waals surface area contributed by atoms with Gasteiger partial charge in [0.15, 0.2) is 0 Å². The fourth-order valence-electron chi connectivity index (χ4n) is 1.75. The van der Waals surface area contributed by atoms with E-state index in [1.54, 1.807) is 0 Å². The van der Waals surface area contributed by atoms with E-state index in [1.165, 1.54) is 29.9 Å². The summed E-state index contributed by atoms with van der Waals surface area (Å²) in [6.45, 7) is 0. The summed E-state index contributed by atoms with van der Waals surface area (Å²) < 4.78 is 0.416. The van der Waals surface area contributed by atoms with Crippen molar-refractivity contribution in [2.24, 2.45) is 0 Å². The SMILES string of the molecule is [Li][C]1(Cc2ccccc2)SCCCS1. The van der Waals surface area contributed by atoms with E-state index >= 15 is 0 Å². The maximum atomic E-state index is 2.38. The standard InChI is InChI=1S/C11H13S2.Li/c1-2-5-10(6-3-1)9-11-12-7-4-8-13-11;/h1-3,5-6H,4,7-9H2;. The Morgan fingerprint density at radius 2 is 1.79 bits per heavy atom. The van der Waals surface area contributed by atoms with Gasteiger partial charge >= 0.3 is 104 Å². The summed E-state index contributed by atoms with van der Waals surface area (Å²) in [5.41, 5.74) is 1.47. The van der Waals surface area contributed by atoms with Gasteiger partial charge in [0.1, 0.15) is 0 Å². The van der Waals surface area contributed by atoms with Crippen LogP contribution < -0.4 is 0 Å². The Morgan fingerprint density at radius 1 is 1.14 bits per heavy atom. The van der Waals surface area contributed by atoms with Gasteiger partial charge in [-0.1, -0.05) is 0 Å². The van der Waals surface area contributed by atoms with Crippen molar-refractivity contribution in [3.63, 3.8) is 0 Å². The second kappa shape index (κ2) is 5.03. The van der Waals surface area contributed by atoms with Crippen molar-refractivity contribution in [2.45, 2.75) is 15.6 Å². The van der Waals surface area contributed by atoms with Crippen LogP contribution in [0.1, 0.15) is 12.0 Å². The van der Waals surface area contributed by atoms with Crippen LogP contribution in [0.3, 0.4) is 0 Å². The van der Waals surface area contributed by atoms with E-state index in [2.05, 4.69) is 71.6 Å². The molecule has 3 heteroatoms. The predicted molar refractivity (Wildman–Crippen MR) is 68.2 cm³/mol. The van der Waals surface area contributed by atoms with Crippen LogP contribution in [0, 0.1) is 0 Å². The van der Waals surface area contributed by atoms with Crippen LogP contribution in [0.2, 0.25) is 0 Å². The molecule has 0 saturated carbocycles. The summed E-state index contributed by atoms with van der Waals surface area (Å²) in [4.78, 5) is 0. The van der Waals surface area contributed by atoms with Gasteiger partial charge in [-0.05, 0) is 0 Å². The van der Waals surface area contributed by atoms with E-state index in [1.807, 2.05) is 0 Å². The summed E-state index contributed by atoms with van der Waals surface area (Å²) in [6, 6.07) is 10.8. The van der Waals surface area contributed by atoms with Gasteiger partial charge in [-0.3, -0.25) is 0 Å². The van der Waals surface area contributed by atoms with Crippen molar-refractivity contribution in [3.8, 4) is 0 Å². The van der Waals surface area contributed by atoms with Gasteiger partial charge in [0.25, 0.3) is 0 Å². The minimum atomic E-state index is 0.416. The third-order valence-corrected chi connectivity index (χ3v) is 5.67. The van der Waals surface area contributed by atoms with Gasteiger partial charge in [0, 0.05) is 0 Å². The Labute approximate surface area is 104 Å². The molecule has 0 atom stereocenters. The fourth-order valence-corrected chi connectivity index (χ4v) is 4.74. The second-order valence-corrected chi connectivity index (χ2v) is 7.30. The van der Waals surface area contributed by atoms with Crippen molar-refractivity contribution in [3.05, 3.63) is 35.9 Å². The van der Waals surface area contributed by atoms with Gasteiger partial charge < -0.3 is 0 Å². The van der Waals surface area contributed by atoms with Crippen LogP contribution >= 0.6 is 23.5 Å². The summed E-state index contributed by atoms with van der Waals surface area (Å²) in [5, 5.41) is 0.